The molecule has 1 fully saturated rings. The number of rotatable bonds is 3. The minimum Gasteiger partial charge on any atom is -0.491 e. The van der Waals surface area contributed by atoms with Gasteiger partial charge in [-0.05, 0) is 67.5 Å². The first-order valence-corrected chi connectivity index (χ1v) is 12.4. The molecule has 2 aromatic carbocycles. The lowest BCUT2D eigenvalue weighted by Crippen LogP contribution is -2.45. The van der Waals surface area contributed by atoms with Crippen molar-refractivity contribution in [3.05, 3.63) is 64.7 Å². The minimum atomic E-state index is -0.0346. The number of carbonyl (C=O) groups is 2. The van der Waals surface area contributed by atoms with Crippen molar-refractivity contribution < 1.29 is 19.1 Å². The Bertz CT molecular complexity index is 986. The second kappa shape index (κ2) is 11.2. The molecule has 1 saturated heterocycles. The lowest BCUT2D eigenvalue weighted by atomic mass is 9.75. The molecule has 3 aliphatic rings. The summed E-state index contributed by atoms with van der Waals surface area (Å²) < 4.78 is 11.7. The van der Waals surface area contributed by atoms with E-state index in [0.717, 1.165) is 45.2 Å². The number of ether oxygens (including phenoxy) is 2. The molecule has 0 aromatic heterocycles. The maximum Gasteiger partial charge on any atom is 0.257 e. The Morgan fingerprint density at radius 1 is 1.00 bits per heavy atom. The molecule has 0 saturated carbocycles. The quantitative estimate of drug-likeness (QED) is 0.620. The Morgan fingerprint density at radius 2 is 1.74 bits per heavy atom. The average molecular weight is 485 g/mol. The van der Waals surface area contributed by atoms with E-state index in [2.05, 4.69) is 0 Å². The summed E-state index contributed by atoms with van der Waals surface area (Å²) >= 11 is 6.01. The largest absolute Gasteiger partial charge is 0.491 e. The van der Waals surface area contributed by atoms with E-state index in [1.807, 2.05) is 34.1 Å². The lowest BCUT2D eigenvalue weighted by molar-refractivity contribution is 0.0136. The van der Waals surface area contributed by atoms with Gasteiger partial charge >= 0.3 is 0 Å². The van der Waals surface area contributed by atoms with E-state index in [4.69, 9.17) is 21.1 Å². The maximum absolute atomic E-state index is 13.3. The molecule has 0 spiro atoms. The minimum absolute atomic E-state index is 0.00517. The van der Waals surface area contributed by atoms with Gasteiger partial charge in [0.25, 0.3) is 11.8 Å². The Hall–Kier alpha value is -2.57. The van der Waals surface area contributed by atoms with E-state index in [1.54, 1.807) is 31.4 Å². The van der Waals surface area contributed by atoms with Crippen LogP contribution in [0.2, 0.25) is 5.02 Å². The Labute approximate surface area is 206 Å². The van der Waals surface area contributed by atoms with Crippen molar-refractivity contribution in [1.29, 1.82) is 0 Å². The molecule has 3 aliphatic heterocycles. The molecular formula is C27H33ClN2O4. The first kappa shape index (κ1) is 24.6. The van der Waals surface area contributed by atoms with Gasteiger partial charge in [0.2, 0.25) is 0 Å². The van der Waals surface area contributed by atoms with Crippen LogP contribution in [0.15, 0.2) is 48.5 Å². The topological polar surface area (TPSA) is 59.1 Å². The number of carbonyl (C=O) groups excluding carboxylic acids is 2. The fourth-order valence-electron chi connectivity index (χ4n) is 5.05. The molecule has 2 amide bonds. The molecule has 2 bridgehead atoms. The van der Waals surface area contributed by atoms with E-state index in [-0.39, 0.29) is 17.2 Å². The van der Waals surface area contributed by atoms with E-state index in [1.165, 1.54) is 0 Å². The highest BCUT2D eigenvalue weighted by Gasteiger charge is 2.36. The van der Waals surface area contributed by atoms with Crippen molar-refractivity contribution in [2.24, 2.45) is 5.41 Å². The standard InChI is InChI=1S/C27H33ClN2O4/c1-33-20-27-12-4-5-15-29(25(31)21-8-10-22(28)11-9-21)18-19-34-24-7-3-2-6-23(24)26(32)30(16-13-27)17-14-27/h2-3,6-11H,4-5,12-20H2,1H3. The Morgan fingerprint density at radius 3 is 2.47 bits per heavy atom. The van der Waals surface area contributed by atoms with Gasteiger partial charge in [0.1, 0.15) is 12.4 Å². The number of piperidine rings is 1. The van der Waals surface area contributed by atoms with Gasteiger partial charge in [-0.15, -0.1) is 0 Å². The molecule has 0 aliphatic carbocycles. The number of hydrogen-bond acceptors (Lipinski definition) is 4. The number of nitrogens with zero attached hydrogens (tertiary/aromatic N) is 2. The van der Waals surface area contributed by atoms with Crippen LogP contribution < -0.4 is 4.74 Å². The van der Waals surface area contributed by atoms with Crippen LogP contribution in [0.3, 0.4) is 0 Å². The smallest absolute Gasteiger partial charge is 0.257 e. The molecule has 6 nitrogen and oxygen atoms in total. The van der Waals surface area contributed by atoms with E-state index < -0.39 is 0 Å². The summed E-state index contributed by atoms with van der Waals surface area (Å²) in [5.74, 6) is 0.535. The molecule has 182 valence electrons. The van der Waals surface area contributed by atoms with Gasteiger partial charge in [-0.25, -0.2) is 0 Å². The second-order valence-corrected chi connectivity index (χ2v) is 9.76. The SMILES string of the molecule is COCC12CCCCN(C(=O)c3ccc(Cl)cc3)CCOc3ccccc3C(=O)N(CC1)CC2. The summed E-state index contributed by atoms with van der Waals surface area (Å²) in [4.78, 5) is 30.3. The summed E-state index contributed by atoms with van der Waals surface area (Å²) in [7, 11) is 1.75. The average Bonchev–Trinajstić information content (AvgIpc) is 2.86. The van der Waals surface area contributed by atoms with Crippen LogP contribution in [0.5, 0.6) is 5.75 Å². The van der Waals surface area contributed by atoms with Gasteiger partial charge in [-0.2, -0.15) is 0 Å². The molecule has 0 unspecified atom stereocenters. The van der Waals surface area contributed by atoms with Gasteiger partial charge < -0.3 is 19.3 Å². The monoisotopic (exact) mass is 484 g/mol. The molecule has 34 heavy (non-hydrogen) atoms. The molecule has 5 rings (SSSR count). The van der Waals surface area contributed by atoms with Gasteiger partial charge in [0, 0.05) is 37.3 Å². The zero-order valence-corrected chi connectivity index (χ0v) is 20.6. The first-order valence-electron chi connectivity index (χ1n) is 12.1. The number of halogens is 1. The highest BCUT2D eigenvalue weighted by atomic mass is 35.5. The van der Waals surface area contributed by atoms with Crippen LogP contribution in [0.4, 0.5) is 0 Å². The molecule has 0 radical (unpaired) electrons. The molecule has 7 heteroatoms. The third kappa shape index (κ3) is 5.73. The van der Waals surface area contributed by atoms with Crippen LogP contribution in [0.1, 0.15) is 52.8 Å². The fraction of sp³-hybridized carbons (Fsp3) is 0.481. The first-order chi connectivity index (χ1) is 16.5. The van der Waals surface area contributed by atoms with Crippen molar-refractivity contribution in [3.8, 4) is 5.75 Å². The molecule has 0 atom stereocenters. The number of benzene rings is 2. The summed E-state index contributed by atoms with van der Waals surface area (Å²) in [6, 6.07) is 14.4. The maximum atomic E-state index is 13.3. The van der Waals surface area contributed by atoms with E-state index >= 15 is 0 Å². The zero-order chi connectivity index (χ0) is 24.0. The predicted molar refractivity (Wildman–Crippen MR) is 133 cm³/mol. The highest BCUT2D eigenvalue weighted by molar-refractivity contribution is 6.30. The lowest BCUT2D eigenvalue weighted by Gasteiger charge is -2.41. The van der Waals surface area contributed by atoms with Crippen molar-refractivity contribution >= 4 is 23.4 Å². The number of para-hydroxylation sites is 1. The van der Waals surface area contributed by atoms with Crippen LogP contribution >= 0.6 is 11.6 Å². The van der Waals surface area contributed by atoms with Crippen molar-refractivity contribution in [2.45, 2.75) is 32.1 Å². The van der Waals surface area contributed by atoms with Gasteiger partial charge in [-0.3, -0.25) is 9.59 Å². The highest BCUT2D eigenvalue weighted by Crippen LogP contribution is 2.38. The zero-order valence-electron chi connectivity index (χ0n) is 19.8. The van der Waals surface area contributed by atoms with Gasteiger partial charge in [0.15, 0.2) is 0 Å². The van der Waals surface area contributed by atoms with Crippen LogP contribution in [0.25, 0.3) is 0 Å². The Balaban J connectivity index is 1.57. The normalized spacial score (nSPS) is 19.1. The number of fused-ring (bicyclic) bond motifs is 9. The van der Waals surface area contributed by atoms with Crippen molar-refractivity contribution in [2.75, 3.05) is 46.5 Å². The fourth-order valence-corrected chi connectivity index (χ4v) is 5.18. The predicted octanol–water partition coefficient (Wildman–Crippen LogP) is 4.91. The van der Waals surface area contributed by atoms with Crippen LogP contribution in [-0.4, -0.2) is 68.1 Å². The number of amides is 2. The third-order valence-corrected chi connectivity index (χ3v) is 7.31. The van der Waals surface area contributed by atoms with Crippen molar-refractivity contribution in [1.82, 2.24) is 9.80 Å². The third-order valence-electron chi connectivity index (χ3n) is 7.06. The number of methoxy groups -OCH3 is 1. The summed E-state index contributed by atoms with van der Waals surface area (Å²) in [6.45, 7) is 3.55. The van der Waals surface area contributed by atoms with Crippen LogP contribution in [0, 0.1) is 5.41 Å². The summed E-state index contributed by atoms with van der Waals surface area (Å²) in [5.41, 5.74) is 1.26. The molecule has 0 N–H and O–H groups in total. The van der Waals surface area contributed by atoms with Gasteiger partial charge in [0.05, 0.1) is 18.7 Å². The number of hydrogen-bond donors (Lipinski definition) is 0. The molecule has 3 heterocycles. The molecular weight excluding hydrogens is 452 g/mol. The summed E-state index contributed by atoms with van der Waals surface area (Å²) in [6.07, 6.45) is 4.78. The van der Waals surface area contributed by atoms with E-state index in [9.17, 15) is 9.59 Å². The summed E-state index contributed by atoms with van der Waals surface area (Å²) in [5, 5.41) is 0.604. The van der Waals surface area contributed by atoms with Gasteiger partial charge in [-0.1, -0.05) is 30.2 Å². The van der Waals surface area contributed by atoms with Crippen molar-refractivity contribution in [3.63, 3.8) is 0 Å². The van der Waals surface area contributed by atoms with E-state index in [0.29, 0.717) is 48.2 Å². The Kier molecular flexibility index (Phi) is 8.11. The molecule has 2 aromatic rings. The van der Waals surface area contributed by atoms with Crippen LogP contribution in [-0.2, 0) is 4.74 Å². The second-order valence-electron chi connectivity index (χ2n) is 9.33.